The molecule has 4 rings (SSSR count). The van der Waals surface area contributed by atoms with Crippen molar-refractivity contribution in [3.05, 3.63) is 36.3 Å². The fourth-order valence-electron chi connectivity index (χ4n) is 4.12. The van der Waals surface area contributed by atoms with Crippen molar-refractivity contribution in [1.82, 2.24) is 0 Å². The maximum atomic E-state index is 12.5. The van der Waals surface area contributed by atoms with Gasteiger partial charge in [-0.15, -0.1) is 0 Å². The number of allylic oxidation sites excluding steroid dienone is 4. The van der Waals surface area contributed by atoms with E-state index in [9.17, 15) is 14.7 Å². The molecule has 2 saturated carbocycles. The smallest absolute Gasteiger partial charge is 0.197 e. The number of rotatable bonds is 0. The van der Waals surface area contributed by atoms with Gasteiger partial charge in [0.2, 0.25) is 0 Å². The molecule has 3 nitrogen and oxygen atoms in total. The van der Waals surface area contributed by atoms with Crippen molar-refractivity contribution in [3.8, 4) is 0 Å². The van der Waals surface area contributed by atoms with Gasteiger partial charge in [0.05, 0.1) is 0 Å². The number of Topliss-reactive ketones (excluding diaryl/α,β-unsaturated/α-hetero) is 2. The zero-order valence-corrected chi connectivity index (χ0v) is 9.87. The SMILES string of the molecule is O=C1C[CH]C2[CH]C3C4C=CC(C4)C3C(=O)C2=C1O. The summed E-state index contributed by atoms with van der Waals surface area (Å²) >= 11 is 0. The maximum Gasteiger partial charge on any atom is 0.197 e. The molecule has 0 aromatic carbocycles. The van der Waals surface area contributed by atoms with Gasteiger partial charge in [-0.25, -0.2) is 0 Å². The molecule has 0 amide bonds. The van der Waals surface area contributed by atoms with Crippen LogP contribution in [0.3, 0.4) is 0 Å². The first-order chi connectivity index (χ1) is 8.66. The Labute approximate surface area is 106 Å². The van der Waals surface area contributed by atoms with Crippen LogP contribution in [-0.4, -0.2) is 16.7 Å². The van der Waals surface area contributed by atoms with Gasteiger partial charge in [-0.1, -0.05) is 12.2 Å². The van der Waals surface area contributed by atoms with E-state index in [2.05, 4.69) is 18.6 Å². The number of hydrogen-bond donors (Lipinski definition) is 1. The van der Waals surface area contributed by atoms with E-state index in [0.29, 0.717) is 23.3 Å². The van der Waals surface area contributed by atoms with Crippen molar-refractivity contribution in [1.29, 1.82) is 0 Å². The maximum absolute atomic E-state index is 12.5. The molecule has 0 aromatic rings. The van der Waals surface area contributed by atoms with Crippen molar-refractivity contribution in [2.45, 2.75) is 12.8 Å². The van der Waals surface area contributed by atoms with E-state index < -0.39 is 0 Å². The Balaban J connectivity index is 1.80. The molecule has 2 bridgehead atoms. The second-order valence-corrected chi connectivity index (χ2v) is 5.76. The lowest BCUT2D eigenvalue weighted by Gasteiger charge is -2.38. The molecule has 0 aromatic heterocycles. The minimum atomic E-state index is -0.319. The van der Waals surface area contributed by atoms with Crippen LogP contribution >= 0.6 is 0 Å². The Morgan fingerprint density at radius 2 is 1.94 bits per heavy atom. The van der Waals surface area contributed by atoms with E-state index in [1.807, 2.05) is 6.42 Å². The first-order valence-corrected chi connectivity index (χ1v) is 6.54. The summed E-state index contributed by atoms with van der Waals surface area (Å²) < 4.78 is 0. The third-order valence-corrected chi connectivity index (χ3v) is 4.93. The third kappa shape index (κ3) is 1.15. The van der Waals surface area contributed by atoms with Crippen molar-refractivity contribution in [2.24, 2.45) is 29.6 Å². The zero-order valence-electron chi connectivity index (χ0n) is 9.87. The van der Waals surface area contributed by atoms with Crippen LogP contribution in [0.4, 0.5) is 0 Å². The van der Waals surface area contributed by atoms with Gasteiger partial charge in [-0.05, 0) is 42.9 Å². The van der Waals surface area contributed by atoms with Gasteiger partial charge in [0.25, 0.3) is 0 Å². The van der Waals surface area contributed by atoms with E-state index in [-0.39, 0.29) is 35.6 Å². The molecule has 1 N–H and O–H groups in total. The molecule has 0 saturated heterocycles. The Morgan fingerprint density at radius 1 is 1.17 bits per heavy atom. The van der Waals surface area contributed by atoms with Crippen LogP contribution in [0.5, 0.6) is 0 Å². The summed E-state index contributed by atoms with van der Waals surface area (Å²) in [6.07, 6.45) is 9.68. The Hall–Kier alpha value is -1.38. The zero-order chi connectivity index (χ0) is 12.4. The fraction of sp³-hybridized carbons (Fsp3) is 0.467. The summed E-state index contributed by atoms with van der Waals surface area (Å²) in [4.78, 5) is 24.1. The van der Waals surface area contributed by atoms with Gasteiger partial charge in [0.1, 0.15) is 0 Å². The summed E-state index contributed by atoms with van der Waals surface area (Å²) in [5.74, 6) is 0.344. The summed E-state index contributed by atoms with van der Waals surface area (Å²) in [5.41, 5.74) is 0.355. The lowest BCUT2D eigenvalue weighted by atomic mass is 9.63. The molecule has 18 heavy (non-hydrogen) atoms. The van der Waals surface area contributed by atoms with E-state index >= 15 is 0 Å². The van der Waals surface area contributed by atoms with Gasteiger partial charge in [-0.3, -0.25) is 9.59 Å². The van der Waals surface area contributed by atoms with Crippen LogP contribution in [-0.2, 0) is 9.59 Å². The molecule has 92 valence electrons. The molecule has 5 atom stereocenters. The molecule has 0 heterocycles. The van der Waals surface area contributed by atoms with E-state index in [1.54, 1.807) is 0 Å². The Kier molecular flexibility index (Phi) is 1.95. The van der Waals surface area contributed by atoms with Gasteiger partial charge < -0.3 is 5.11 Å². The highest BCUT2D eigenvalue weighted by molar-refractivity contribution is 6.09. The highest BCUT2D eigenvalue weighted by Crippen LogP contribution is 2.55. The molecule has 4 aliphatic rings. The van der Waals surface area contributed by atoms with Gasteiger partial charge in [0.15, 0.2) is 17.3 Å². The molecular weight excluding hydrogens is 228 g/mol. The largest absolute Gasteiger partial charge is 0.504 e. The molecule has 0 aliphatic heterocycles. The number of carbonyl (C=O) groups is 2. The molecule has 5 unspecified atom stereocenters. The highest BCUT2D eigenvalue weighted by Gasteiger charge is 2.54. The second kappa shape index (κ2) is 3.34. The molecule has 2 radical (unpaired) electrons. The summed E-state index contributed by atoms with van der Waals surface area (Å²) in [7, 11) is 0. The number of fused-ring (bicyclic) bond motifs is 6. The van der Waals surface area contributed by atoms with Crippen LogP contribution < -0.4 is 0 Å². The van der Waals surface area contributed by atoms with Gasteiger partial charge in [-0.2, -0.15) is 0 Å². The van der Waals surface area contributed by atoms with Crippen LogP contribution in [0, 0.1) is 42.4 Å². The van der Waals surface area contributed by atoms with E-state index in [0.717, 1.165) is 6.42 Å². The number of aliphatic hydroxyl groups is 1. The van der Waals surface area contributed by atoms with E-state index in [1.165, 1.54) is 0 Å². The summed E-state index contributed by atoms with van der Waals surface area (Å²) in [6.45, 7) is 0. The Bertz CT molecular complexity index is 514. The van der Waals surface area contributed by atoms with Gasteiger partial charge >= 0.3 is 0 Å². The van der Waals surface area contributed by atoms with Crippen LogP contribution in [0.2, 0.25) is 0 Å². The van der Waals surface area contributed by atoms with Gasteiger partial charge in [0, 0.05) is 17.9 Å². The predicted molar refractivity (Wildman–Crippen MR) is 64.1 cm³/mol. The number of ketones is 2. The number of aliphatic hydroxyl groups excluding tert-OH is 1. The van der Waals surface area contributed by atoms with E-state index in [4.69, 9.17) is 0 Å². The van der Waals surface area contributed by atoms with Crippen LogP contribution in [0.15, 0.2) is 23.5 Å². The van der Waals surface area contributed by atoms with Crippen molar-refractivity contribution in [3.63, 3.8) is 0 Å². The van der Waals surface area contributed by atoms with Crippen molar-refractivity contribution < 1.29 is 14.7 Å². The van der Waals surface area contributed by atoms with Crippen molar-refractivity contribution >= 4 is 11.6 Å². The molecule has 2 fully saturated rings. The minimum Gasteiger partial charge on any atom is -0.504 e. The summed E-state index contributed by atoms with van der Waals surface area (Å²) in [6, 6.07) is 0. The quantitative estimate of drug-likeness (QED) is 0.659. The average Bonchev–Trinajstić information content (AvgIpc) is 2.95. The lowest BCUT2D eigenvalue weighted by Crippen LogP contribution is -2.41. The van der Waals surface area contributed by atoms with Crippen LogP contribution in [0.1, 0.15) is 12.8 Å². The first kappa shape index (κ1) is 10.5. The minimum absolute atomic E-state index is 0.00569. The third-order valence-electron chi connectivity index (χ3n) is 4.93. The lowest BCUT2D eigenvalue weighted by molar-refractivity contribution is -0.125. The normalized spacial score (nSPS) is 45.4. The average molecular weight is 242 g/mol. The molecule has 4 aliphatic carbocycles. The molecular formula is C15H14O3. The topological polar surface area (TPSA) is 54.4 Å². The predicted octanol–water partition coefficient (Wildman–Crippen LogP) is 1.82. The first-order valence-electron chi connectivity index (χ1n) is 6.54. The Morgan fingerprint density at radius 3 is 2.78 bits per heavy atom. The molecule has 0 spiro atoms. The van der Waals surface area contributed by atoms with Crippen LogP contribution in [0.25, 0.3) is 0 Å². The van der Waals surface area contributed by atoms with Crippen molar-refractivity contribution in [2.75, 3.05) is 0 Å². The second-order valence-electron chi connectivity index (χ2n) is 5.76. The fourth-order valence-corrected chi connectivity index (χ4v) is 4.12. The number of hydrogen-bond acceptors (Lipinski definition) is 3. The monoisotopic (exact) mass is 242 g/mol. The number of carbonyl (C=O) groups excluding carboxylic acids is 2. The highest BCUT2D eigenvalue weighted by atomic mass is 16.3. The standard InChI is InChI=1S/C15H14O3/c16-11-4-3-9-6-10-7-1-2-8(5-7)12(10)15(18)13(9)14(11)17/h1-3,6-10,12,17H,4-5H2. The summed E-state index contributed by atoms with van der Waals surface area (Å²) in [5, 5.41) is 9.88. The molecule has 3 heteroatoms.